The highest BCUT2D eigenvalue weighted by molar-refractivity contribution is 5.91. The van der Waals surface area contributed by atoms with Crippen molar-refractivity contribution < 1.29 is 4.79 Å². The highest BCUT2D eigenvalue weighted by atomic mass is 16.2. The zero-order valence-electron chi connectivity index (χ0n) is 19.5. The number of anilines is 2. The Balaban J connectivity index is 1.83. The summed E-state index contributed by atoms with van der Waals surface area (Å²) in [5, 5.41) is 0. The summed E-state index contributed by atoms with van der Waals surface area (Å²) in [6.45, 7) is 9.89. The van der Waals surface area contributed by atoms with Gasteiger partial charge in [-0.1, -0.05) is 62.4 Å². The fourth-order valence-corrected chi connectivity index (χ4v) is 4.49. The molecule has 2 heterocycles. The molecule has 0 aliphatic carbocycles. The van der Waals surface area contributed by atoms with E-state index >= 15 is 0 Å². The zero-order valence-corrected chi connectivity index (χ0v) is 19.5. The van der Waals surface area contributed by atoms with Crippen LogP contribution in [-0.4, -0.2) is 39.9 Å². The van der Waals surface area contributed by atoms with Gasteiger partial charge in [-0.2, -0.15) is 0 Å². The molecule has 2 aromatic carbocycles. The number of benzene rings is 2. The fourth-order valence-electron chi connectivity index (χ4n) is 4.49. The number of aryl methyl sites for hydroxylation is 1. The third-order valence-corrected chi connectivity index (χ3v) is 6.18. The molecule has 0 spiro atoms. The molecule has 0 radical (unpaired) electrons. The molecule has 1 aliphatic rings. The molecule has 0 saturated heterocycles. The zero-order chi connectivity index (χ0) is 22.7. The summed E-state index contributed by atoms with van der Waals surface area (Å²) in [6.07, 6.45) is 2.60. The maximum atomic E-state index is 13.8. The van der Waals surface area contributed by atoms with E-state index in [2.05, 4.69) is 37.8 Å². The van der Waals surface area contributed by atoms with Crippen LogP contribution in [0.4, 0.5) is 11.5 Å². The second kappa shape index (κ2) is 9.51. The molecular weight excluding hydrogens is 396 g/mol. The number of amides is 1. The number of fused-ring (bicyclic) bond motifs is 1. The SMILES string of the molecule is CCCN(CCC)C(=O)C1Cc2ccccc2N1c1nc(-c2ccccc2)nc(C)c1C. The van der Waals surface area contributed by atoms with Gasteiger partial charge in [-0.25, -0.2) is 9.97 Å². The number of carbonyl (C=O) groups is 1. The van der Waals surface area contributed by atoms with Crippen LogP contribution >= 0.6 is 0 Å². The summed E-state index contributed by atoms with van der Waals surface area (Å²) in [6, 6.07) is 18.1. The third-order valence-electron chi connectivity index (χ3n) is 6.18. The van der Waals surface area contributed by atoms with Crippen LogP contribution in [0.15, 0.2) is 54.6 Å². The van der Waals surface area contributed by atoms with Gasteiger partial charge in [0.2, 0.25) is 5.91 Å². The van der Waals surface area contributed by atoms with Crippen molar-refractivity contribution in [3.8, 4) is 11.4 Å². The van der Waals surface area contributed by atoms with Crippen molar-refractivity contribution in [3.63, 3.8) is 0 Å². The number of nitrogens with zero attached hydrogens (tertiary/aromatic N) is 4. The Bertz CT molecular complexity index is 1090. The molecule has 1 aromatic heterocycles. The van der Waals surface area contributed by atoms with Crippen molar-refractivity contribution >= 4 is 17.4 Å². The number of rotatable bonds is 7. The van der Waals surface area contributed by atoms with E-state index in [9.17, 15) is 4.79 Å². The van der Waals surface area contributed by atoms with E-state index in [1.807, 2.05) is 54.3 Å². The second-order valence-corrected chi connectivity index (χ2v) is 8.49. The lowest BCUT2D eigenvalue weighted by molar-refractivity contribution is -0.132. The average Bonchev–Trinajstić information content (AvgIpc) is 3.20. The predicted octanol–water partition coefficient (Wildman–Crippen LogP) is 5.47. The third kappa shape index (κ3) is 4.12. The maximum Gasteiger partial charge on any atom is 0.246 e. The van der Waals surface area contributed by atoms with E-state index in [4.69, 9.17) is 9.97 Å². The first kappa shape index (κ1) is 22.0. The van der Waals surface area contributed by atoms with Crippen LogP contribution < -0.4 is 4.90 Å². The summed E-state index contributed by atoms with van der Waals surface area (Å²) >= 11 is 0. The molecule has 1 atom stereocenters. The van der Waals surface area contributed by atoms with Crippen molar-refractivity contribution in [2.75, 3.05) is 18.0 Å². The van der Waals surface area contributed by atoms with Gasteiger partial charge in [-0.05, 0) is 38.3 Å². The number of para-hydroxylation sites is 1. The Hall–Kier alpha value is -3.21. The van der Waals surface area contributed by atoms with E-state index in [0.29, 0.717) is 12.2 Å². The Morgan fingerprint density at radius 1 is 0.969 bits per heavy atom. The first-order valence-corrected chi connectivity index (χ1v) is 11.6. The van der Waals surface area contributed by atoms with Gasteiger partial charge in [0.25, 0.3) is 0 Å². The number of hydrogen-bond donors (Lipinski definition) is 0. The van der Waals surface area contributed by atoms with E-state index in [-0.39, 0.29) is 11.9 Å². The summed E-state index contributed by atoms with van der Waals surface area (Å²) in [4.78, 5) is 27.7. The summed E-state index contributed by atoms with van der Waals surface area (Å²) in [5.41, 5.74) is 5.18. The van der Waals surface area contributed by atoms with Gasteiger partial charge < -0.3 is 9.80 Å². The van der Waals surface area contributed by atoms with Gasteiger partial charge in [-0.3, -0.25) is 4.79 Å². The van der Waals surface area contributed by atoms with Crippen LogP contribution in [0.3, 0.4) is 0 Å². The molecule has 0 saturated carbocycles. The van der Waals surface area contributed by atoms with E-state index < -0.39 is 0 Å². The van der Waals surface area contributed by atoms with Crippen molar-refractivity contribution in [1.82, 2.24) is 14.9 Å². The smallest absolute Gasteiger partial charge is 0.246 e. The predicted molar refractivity (Wildman–Crippen MR) is 130 cm³/mol. The van der Waals surface area contributed by atoms with Crippen LogP contribution in [0, 0.1) is 13.8 Å². The quantitative estimate of drug-likeness (QED) is 0.501. The van der Waals surface area contributed by atoms with E-state index in [0.717, 1.165) is 54.3 Å². The highest BCUT2D eigenvalue weighted by Crippen LogP contribution is 2.40. The largest absolute Gasteiger partial charge is 0.341 e. The molecule has 5 nitrogen and oxygen atoms in total. The van der Waals surface area contributed by atoms with Crippen LogP contribution in [0.5, 0.6) is 0 Å². The number of carbonyl (C=O) groups excluding carboxylic acids is 1. The molecule has 166 valence electrons. The monoisotopic (exact) mass is 428 g/mol. The molecule has 5 heteroatoms. The van der Waals surface area contributed by atoms with Crippen LogP contribution in [0.2, 0.25) is 0 Å². The van der Waals surface area contributed by atoms with Crippen molar-refractivity contribution in [2.45, 2.75) is 53.0 Å². The van der Waals surface area contributed by atoms with Crippen molar-refractivity contribution in [3.05, 3.63) is 71.4 Å². The first-order valence-electron chi connectivity index (χ1n) is 11.6. The van der Waals surface area contributed by atoms with Gasteiger partial charge in [0.15, 0.2) is 5.82 Å². The average molecular weight is 429 g/mol. The highest BCUT2D eigenvalue weighted by Gasteiger charge is 2.39. The fraction of sp³-hybridized carbons (Fsp3) is 0.370. The summed E-state index contributed by atoms with van der Waals surface area (Å²) in [5.74, 6) is 1.70. The van der Waals surface area contributed by atoms with E-state index in [1.165, 1.54) is 5.56 Å². The molecule has 1 aliphatic heterocycles. The lowest BCUT2D eigenvalue weighted by Crippen LogP contribution is -2.46. The summed E-state index contributed by atoms with van der Waals surface area (Å²) in [7, 11) is 0. The van der Waals surface area contributed by atoms with Gasteiger partial charge in [0.05, 0.1) is 0 Å². The second-order valence-electron chi connectivity index (χ2n) is 8.49. The molecule has 1 unspecified atom stereocenters. The van der Waals surface area contributed by atoms with E-state index in [1.54, 1.807) is 0 Å². The Morgan fingerprint density at radius 3 is 2.31 bits per heavy atom. The van der Waals surface area contributed by atoms with Crippen molar-refractivity contribution in [2.24, 2.45) is 0 Å². The lowest BCUT2D eigenvalue weighted by Gasteiger charge is -2.32. The summed E-state index contributed by atoms with van der Waals surface area (Å²) < 4.78 is 0. The minimum absolute atomic E-state index is 0.182. The Labute approximate surface area is 191 Å². The molecule has 3 aromatic rings. The first-order chi connectivity index (χ1) is 15.5. The molecule has 4 rings (SSSR count). The number of hydrogen-bond acceptors (Lipinski definition) is 4. The Kier molecular flexibility index (Phi) is 6.54. The van der Waals surface area contributed by atoms with Crippen LogP contribution in [0.1, 0.15) is 43.5 Å². The molecule has 0 fully saturated rings. The van der Waals surface area contributed by atoms with Crippen LogP contribution in [-0.2, 0) is 11.2 Å². The minimum atomic E-state index is -0.290. The normalized spacial score (nSPS) is 15.0. The molecule has 32 heavy (non-hydrogen) atoms. The minimum Gasteiger partial charge on any atom is -0.341 e. The van der Waals surface area contributed by atoms with Crippen molar-refractivity contribution in [1.29, 1.82) is 0 Å². The standard InChI is InChI=1S/C27H32N4O/c1-5-16-30(17-6-2)27(32)24-18-22-14-10-11-15-23(22)31(24)26-19(3)20(4)28-25(29-26)21-12-8-7-9-13-21/h7-15,24H,5-6,16-18H2,1-4H3. The van der Waals surface area contributed by atoms with Gasteiger partial charge in [0, 0.05) is 42.0 Å². The Morgan fingerprint density at radius 2 is 1.62 bits per heavy atom. The topological polar surface area (TPSA) is 49.3 Å². The maximum absolute atomic E-state index is 13.8. The molecule has 1 amide bonds. The number of aromatic nitrogens is 2. The molecule has 0 N–H and O–H groups in total. The molecular formula is C27H32N4O. The molecule has 0 bridgehead atoms. The van der Waals surface area contributed by atoms with Gasteiger partial charge in [-0.15, -0.1) is 0 Å². The lowest BCUT2D eigenvalue weighted by atomic mass is 10.1. The van der Waals surface area contributed by atoms with Gasteiger partial charge in [0.1, 0.15) is 11.9 Å². The van der Waals surface area contributed by atoms with Gasteiger partial charge >= 0.3 is 0 Å². The van der Waals surface area contributed by atoms with Crippen LogP contribution in [0.25, 0.3) is 11.4 Å².